The second-order valence-corrected chi connectivity index (χ2v) is 8.80. The Labute approximate surface area is 207 Å². The standard InChI is InChI=1S/C28H34N2O5/c1-6-29(7-2)15-8-16-30-24(20-11-13-21(14-12-20)28(34)35-5)23(26(32)27(30)33)25(31)22-17-18(3)9-10-19(22)4/h9-14,17,24,31H,6-8,15-16H2,1-5H3/b25-23+. The van der Waals surface area contributed by atoms with E-state index in [0.717, 1.165) is 30.8 Å². The van der Waals surface area contributed by atoms with Crippen LogP contribution in [-0.4, -0.2) is 65.9 Å². The van der Waals surface area contributed by atoms with E-state index in [2.05, 4.69) is 18.7 Å². The number of ketones is 1. The number of aliphatic hydroxyl groups excluding tert-OH is 1. The third kappa shape index (κ3) is 5.46. The number of amides is 1. The molecule has 0 aliphatic carbocycles. The number of ether oxygens (including phenoxy) is 1. The molecule has 1 amide bonds. The zero-order valence-corrected chi connectivity index (χ0v) is 21.1. The van der Waals surface area contributed by atoms with Gasteiger partial charge >= 0.3 is 5.97 Å². The first kappa shape index (κ1) is 26.2. The molecule has 7 nitrogen and oxygen atoms in total. The van der Waals surface area contributed by atoms with E-state index in [4.69, 9.17) is 4.74 Å². The Hall–Kier alpha value is -3.45. The van der Waals surface area contributed by atoms with Gasteiger partial charge in [0.2, 0.25) is 0 Å². The van der Waals surface area contributed by atoms with Crippen LogP contribution < -0.4 is 0 Å². The van der Waals surface area contributed by atoms with Crippen LogP contribution in [0.2, 0.25) is 0 Å². The highest BCUT2D eigenvalue weighted by atomic mass is 16.5. The summed E-state index contributed by atoms with van der Waals surface area (Å²) in [5.41, 5.74) is 3.35. The minimum Gasteiger partial charge on any atom is -0.507 e. The molecule has 0 saturated carbocycles. The number of Topliss-reactive ketones (excluding diaryl/α,β-unsaturated/α-hetero) is 1. The molecule has 1 N–H and O–H groups in total. The van der Waals surface area contributed by atoms with Crippen molar-refractivity contribution >= 4 is 23.4 Å². The van der Waals surface area contributed by atoms with Crippen molar-refractivity contribution in [3.63, 3.8) is 0 Å². The van der Waals surface area contributed by atoms with Gasteiger partial charge < -0.3 is 19.6 Å². The summed E-state index contributed by atoms with van der Waals surface area (Å²) in [7, 11) is 1.31. The Morgan fingerprint density at radius 1 is 1.06 bits per heavy atom. The molecule has 2 aromatic carbocycles. The molecule has 35 heavy (non-hydrogen) atoms. The number of aryl methyl sites for hydroxylation is 2. The van der Waals surface area contributed by atoms with Gasteiger partial charge in [-0.25, -0.2) is 4.79 Å². The van der Waals surface area contributed by atoms with Gasteiger partial charge in [-0.05, 0) is 69.2 Å². The Kier molecular flexibility index (Phi) is 8.46. The fourth-order valence-corrected chi connectivity index (χ4v) is 4.52. The van der Waals surface area contributed by atoms with Crippen LogP contribution in [0.5, 0.6) is 0 Å². The van der Waals surface area contributed by atoms with E-state index < -0.39 is 23.7 Å². The monoisotopic (exact) mass is 478 g/mol. The predicted molar refractivity (Wildman–Crippen MR) is 135 cm³/mol. The third-order valence-corrected chi connectivity index (χ3v) is 6.60. The van der Waals surface area contributed by atoms with Crippen LogP contribution >= 0.6 is 0 Å². The maximum Gasteiger partial charge on any atom is 0.337 e. The van der Waals surface area contributed by atoms with Crippen molar-refractivity contribution < 1.29 is 24.2 Å². The zero-order chi connectivity index (χ0) is 25.7. The van der Waals surface area contributed by atoms with E-state index in [1.807, 2.05) is 32.0 Å². The molecule has 0 spiro atoms. The summed E-state index contributed by atoms with van der Waals surface area (Å²) < 4.78 is 4.78. The lowest BCUT2D eigenvalue weighted by Crippen LogP contribution is -2.33. The van der Waals surface area contributed by atoms with Crippen LogP contribution in [0.25, 0.3) is 5.76 Å². The van der Waals surface area contributed by atoms with Crippen LogP contribution in [0.15, 0.2) is 48.0 Å². The molecule has 1 heterocycles. The molecule has 1 unspecified atom stereocenters. The van der Waals surface area contributed by atoms with Crippen LogP contribution in [-0.2, 0) is 14.3 Å². The molecule has 1 aliphatic rings. The summed E-state index contributed by atoms with van der Waals surface area (Å²) in [6, 6.07) is 11.5. The minimum atomic E-state index is -0.752. The molecule has 1 atom stereocenters. The molecule has 7 heteroatoms. The second-order valence-electron chi connectivity index (χ2n) is 8.80. The number of likely N-dealkylation sites (tertiary alicyclic amines) is 1. The molecular formula is C28H34N2O5. The van der Waals surface area contributed by atoms with Gasteiger partial charge in [0.05, 0.1) is 24.3 Å². The fraction of sp³-hybridized carbons (Fsp3) is 0.393. The summed E-state index contributed by atoms with van der Waals surface area (Å²) in [5.74, 6) is -1.98. The number of aliphatic hydroxyl groups is 1. The van der Waals surface area contributed by atoms with Gasteiger partial charge in [-0.15, -0.1) is 0 Å². The summed E-state index contributed by atoms with van der Waals surface area (Å²) in [6.45, 7) is 10.9. The maximum atomic E-state index is 13.2. The maximum absolute atomic E-state index is 13.2. The average molecular weight is 479 g/mol. The second kappa shape index (κ2) is 11.3. The first-order chi connectivity index (χ1) is 16.7. The van der Waals surface area contributed by atoms with Gasteiger partial charge in [-0.3, -0.25) is 9.59 Å². The lowest BCUT2D eigenvalue weighted by molar-refractivity contribution is -0.140. The van der Waals surface area contributed by atoms with Crippen LogP contribution in [0.4, 0.5) is 0 Å². The Morgan fingerprint density at radius 3 is 2.31 bits per heavy atom. The van der Waals surface area contributed by atoms with Crippen LogP contribution in [0.1, 0.15) is 58.9 Å². The summed E-state index contributed by atoms with van der Waals surface area (Å²) >= 11 is 0. The number of rotatable bonds is 9. The largest absolute Gasteiger partial charge is 0.507 e. The Balaban J connectivity index is 2.08. The van der Waals surface area contributed by atoms with Gasteiger partial charge in [0, 0.05) is 12.1 Å². The lowest BCUT2D eigenvalue weighted by Gasteiger charge is -2.27. The molecule has 3 rings (SSSR count). The number of carbonyl (C=O) groups excluding carboxylic acids is 3. The first-order valence-electron chi connectivity index (χ1n) is 12.0. The minimum absolute atomic E-state index is 0.0670. The number of nitrogens with zero attached hydrogens (tertiary/aromatic N) is 2. The van der Waals surface area contributed by atoms with E-state index in [1.54, 1.807) is 24.3 Å². The van der Waals surface area contributed by atoms with Gasteiger partial charge in [-0.2, -0.15) is 0 Å². The molecule has 186 valence electrons. The predicted octanol–water partition coefficient (Wildman–Crippen LogP) is 4.24. The van der Waals surface area contributed by atoms with E-state index >= 15 is 0 Å². The van der Waals surface area contributed by atoms with Crippen LogP contribution in [0, 0.1) is 13.8 Å². The highest BCUT2D eigenvalue weighted by molar-refractivity contribution is 6.46. The van der Waals surface area contributed by atoms with Gasteiger partial charge in [0.25, 0.3) is 11.7 Å². The zero-order valence-electron chi connectivity index (χ0n) is 21.1. The van der Waals surface area contributed by atoms with Crippen molar-refractivity contribution in [1.29, 1.82) is 0 Å². The van der Waals surface area contributed by atoms with Crippen LogP contribution in [0.3, 0.4) is 0 Å². The molecule has 2 aromatic rings. The van der Waals surface area contributed by atoms with E-state index in [1.165, 1.54) is 12.0 Å². The highest BCUT2D eigenvalue weighted by Gasteiger charge is 2.46. The van der Waals surface area contributed by atoms with Gasteiger partial charge in [0.1, 0.15) is 5.76 Å². The molecule has 0 radical (unpaired) electrons. The SMILES string of the molecule is CCN(CC)CCCN1C(=O)C(=O)/C(=C(/O)c2cc(C)ccc2C)C1c1ccc(C(=O)OC)cc1. The third-order valence-electron chi connectivity index (χ3n) is 6.60. The normalized spacial score (nSPS) is 17.3. The van der Waals surface area contributed by atoms with E-state index in [0.29, 0.717) is 29.7 Å². The molecule has 0 bridgehead atoms. The van der Waals surface area contributed by atoms with Gasteiger partial charge in [-0.1, -0.05) is 43.7 Å². The summed E-state index contributed by atoms with van der Waals surface area (Å²) in [6.07, 6.45) is 0.689. The molecule has 1 saturated heterocycles. The molecule has 1 aliphatic heterocycles. The van der Waals surface area contributed by atoms with Gasteiger partial charge in [0.15, 0.2) is 0 Å². The van der Waals surface area contributed by atoms with Crippen molar-refractivity contribution in [3.05, 3.63) is 75.9 Å². The highest BCUT2D eigenvalue weighted by Crippen LogP contribution is 2.40. The first-order valence-corrected chi connectivity index (χ1v) is 12.0. The summed E-state index contributed by atoms with van der Waals surface area (Å²) in [4.78, 5) is 42.1. The summed E-state index contributed by atoms with van der Waals surface area (Å²) in [5, 5.41) is 11.3. The van der Waals surface area contributed by atoms with Crippen molar-refractivity contribution in [2.45, 2.75) is 40.2 Å². The van der Waals surface area contributed by atoms with E-state index in [-0.39, 0.29) is 11.3 Å². The van der Waals surface area contributed by atoms with Crippen molar-refractivity contribution in [2.24, 2.45) is 0 Å². The number of esters is 1. The quantitative estimate of drug-likeness (QED) is 0.251. The topological polar surface area (TPSA) is 87.2 Å². The van der Waals surface area contributed by atoms with Crippen molar-refractivity contribution in [3.8, 4) is 0 Å². The molecule has 1 fully saturated rings. The molecule has 0 aromatic heterocycles. The van der Waals surface area contributed by atoms with Crippen molar-refractivity contribution in [2.75, 3.05) is 33.3 Å². The number of benzene rings is 2. The molecular weight excluding hydrogens is 444 g/mol. The number of hydrogen-bond donors (Lipinski definition) is 1. The smallest absolute Gasteiger partial charge is 0.337 e. The number of methoxy groups -OCH3 is 1. The van der Waals surface area contributed by atoms with E-state index in [9.17, 15) is 19.5 Å². The van der Waals surface area contributed by atoms with Crippen molar-refractivity contribution in [1.82, 2.24) is 9.80 Å². The number of carbonyl (C=O) groups is 3. The number of hydrogen-bond acceptors (Lipinski definition) is 6. The fourth-order valence-electron chi connectivity index (χ4n) is 4.52. The Morgan fingerprint density at radius 2 is 1.71 bits per heavy atom. The average Bonchev–Trinajstić information content (AvgIpc) is 3.12. The Bertz CT molecular complexity index is 1130. The lowest BCUT2D eigenvalue weighted by atomic mass is 9.93.